The molecule has 2 aliphatic rings. The van der Waals surface area contributed by atoms with Crippen molar-refractivity contribution >= 4 is 35.1 Å². The fraction of sp³-hybridized carbons (Fsp3) is 0.471. The van der Waals surface area contributed by atoms with Gasteiger partial charge in [-0.15, -0.1) is 0 Å². The Hall–Kier alpha value is -2.08. The number of nitrogens with one attached hydrogen (secondary N) is 1. The van der Waals surface area contributed by atoms with Crippen molar-refractivity contribution in [2.75, 3.05) is 18.0 Å². The van der Waals surface area contributed by atoms with Crippen molar-refractivity contribution in [1.82, 2.24) is 5.32 Å². The minimum Gasteiger partial charge on any atom is -0.459 e. The van der Waals surface area contributed by atoms with Crippen LogP contribution in [0, 0.1) is 0 Å². The molecule has 128 valence electrons. The smallest absolute Gasteiger partial charge is 0.326 e. The van der Waals surface area contributed by atoms with E-state index in [0.717, 1.165) is 0 Å². The Morgan fingerprint density at radius 1 is 1.38 bits per heavy atom. The Bertz CT molecular complexity index is 741. The first-order chi connectivity index (χ1) is 11.1. The lowest BCUT2D eigenvalue weighted by atomic mass is 9.80. The average Bonchev–Trinajstić information content (AvgIpc) is 2.93. The molecule has 1 N–H and O–H groups in total. The van der Waals surface area contributed by atoms with Gasteiger partial charge in [0.2, 0.25) is 11.8 Å². The number of hydrogen-bond acceptors (Lipinski definition) is 4. The zero-order valence-electron chi connectivity index (χ0n) is 13.8. The Kier molecular flexibility index (Phi) is 3.83. The molecule has 0 aliphatic carbocycles. The molecule has 1 atom stereocenters. The fourth-order valence-electron chi connectivity index (χ4n) is 3.29. The second-order valence-corrected chi connectivity index (χ2v) is 7.49. The molecular formula is C17H19ClN2O4. The van der Waals surface area contributed by atoms with E-state index in [1.165, 1.54) is 4.90 Å². The van der Waals surface area contributed by atoms with Crippen LogP contribution in [0.25, 0.3) is 0 Å². The van der Waals surface area contributed by atoms with Crippen molar-refractivity contribution in [2.24, 2.45) is 0 Å². The SMILES string of the molecule is CC(C)(C)OC(=O)CN1C(=O)[C@@]2(CCNC2=O)c2cc(Cl)ccc21. The van der Waals surface area contributed by atoms with Gasteiger partial charge in [-0.3, -0.25) is 19.3 Å². The van der Waals surface area contributed by atoms with Gasteiger partial charge in [-0.05, 0) is 45.4 Å². The Morgan fingerprint density at radius 2 is 2.08 bits per heavy atom. The monoisotopic (exact) mass is 350 g/mol. The van der Waals surface area contributed by atoms with Gasteiger partial charge >= 0.3 is 5.97 Å². The van der Waals surface area contributed by atoms with Crippen molar-refractivity contribution in [3.8, 4) is 0 Å². The van der Waals surface area contributed by atoms with E-state index in [2.05, 4.69) is 5.32 Å². The number of carbonyl (C=O) groups is 3. The number of carbonyl (C=O) groups excluding carboxylic acids is 3. The van der Waals surface area contributed by atoms with Gasteiger partial charge in [0.15, 0.2) is 5.41 Å². The third-order valence-electron chi connectivity index (χ3n) is 4.20. The molecule has 1 aromatic rings. The van der Waals surface area contributed by atoms with Crippen LogP contribution in [0.4, 0.5) is 5.69 Å². The average molecular weight is 351 g/mol. The van der Waals surface area contributed by atoms with Crippen LogP contribution in [0.5, 0.6) is 0 Å². The van der Waals surface area contributed by atoms with E-state index in [-0.39, 0.29) is 12.5 Å². The fourth-order valence-corrected chi connectivity index (χ4v) is 3.46. The summed E-state index contributed by atoms with van der Waals surface area (Å²) in [5, 5.41) is 3.15. The zero-order chi connectivity index (χ0) is 17.7. The van der Waals surface area contributed by atoms with Crippen LogP contribution in [-0.2, 0) is 24.5 Å². The summed E-state index contributed by atoms with van der Waals surface area (Å²) in [4.78, 5) is 39.0. The molecule has 0 radical (unpaired) electrons. The topological polar surface area (TPSA) is 75.7 Å². The number of nitrogens with zero attached hydrogens (tertiary/aromatic N) is 1. The number of hydrogen-bond donors (Lipinski definition) is 1. The van der Waals surface area contributed by atoms with E-state index in [0.29, 0.717) is 29.2 Å². The molecule has 2 aliphatic heterocycles. The Labute approximate surface area is 145 Å². The number of amides is 2. The summed E-state index contributed by atoms with van der Waals surface area (Å²) in [6, 6.07) is 4.94. The third kappa shape index (κ3) is 2.55. The largest absolute Gasteiger partial charge is 0.459 e. The van der Waals surface area contributed by atoms with Crippen molar-refractivity contribution < 1.29 is 19.1 Å². The Balaban J connectivity index is 2.00. The van der Waals surface area contributed by atoms with E-state index in [1.807, 2.05) is 0 Å². The number of anilines is 1. The van der Waals surface area contributed by atoms with Crippen LogP contribution in [0.1, 0.15) is 32.8 Å². The van der Waals surface area contributed by atoms with Gasteiger partial charge in [-0.25, -0.2) is 0 Å². The van der Waals surface area contributed by atoms with Gasteiger partial charge in [0.25, 0.3) is 0 Å². The minimum atomic E-state index is -1.29. The molecule has 0 bridgehead atoms. The third-order valence-corrected chi connectivity index (χ3v) is 4.43. The summed E-state index contributed by atoms with van der Waals surface area (Å²) in [5.74, 6) is -1.27. The molecule has 0 saturated carbocycles. The number of fused-ring (bicyclic) bond motifs is 2. The molecule has 2 heterocycles. The molecular weight excluding hydrogens is 332 g/mol. The number of esters is 1. The van der Waals surface area contributed by atoms with Crippen LogP contribution in [0.15, 0.2) is 18.2 Å². The van der Waals surface area contributed by atoms with Crippen LogP contribution < -0.4 is 10.2 Å². The first kappa shape index (κ1) is 16.8. The standard InChI is InChI=1S/C17H19ClN2O4/c1-16(2,3)24-13(21)9-20-12-5-4-10(18)8-11(12)17(15(20)23)6-7-19-14(17)22/h4-5,8H,6-7,9H2,1-3H3,(H,19,22)/t17-/m0/s1. The lowest BCUT2D eigenvalue weighted by molar-refractivity contribution is -0.154. The molecule has 3 rings (SSSR count). The minimum absolute atomic E-state index is 0.236. The van der Waals surface area contributed by atoms with Crippen molar-refractivity contribution in [2.45, 2.75) is 38.2 Å². The highest BCUT2D eigenvalue weighted by atomic mass is 35.5. The van der Waals surface area contributed by atoms with E-state index in [1.54, 1.807) is 39.0 Å². The molecule has 0 aromatic heterocycles. The molecule has 1 spiro atoms. The molecule has 1 fully saturated rings. The summed E-state index contributed by atoms with van der Waals surface area (Å²) in [5.41, 5.74) is -0.848. The first-order valence-electron chi connectivity index (χ1n) is 7.77. The summed E-state index contributed by atoms with van der Waals surface area (Å²) in [6.45, 7) is 5.46. The van der Waals surface area contributed by atoms with E-state index >= 15 is 0 Å². The predicted octanol–water partition coefficient (Wildman–Crippen LogP) is 1.79. The maximum Gasteiger partial charge on any atom is 0.326 e. The molecule has 2 amide bonds. The zero-order valence-corrected chi connectivity index (χ0v) is 14.6. The lowest BCUT2D eigenvalue weighted by Crippen LogP contribution is -2.47. The van der Waals surface area contributed by atoms with Crippen molar-refractivity contribution in [1.29, 1.82) is 0 Å². The molecule has 0 unspecified atom stereocenters. The molecule has 7 heteroatoms. The van der Waals surface area contributed by atoms with Gasteiger partial charge in [0.1, 0.15) is 12.1 Å². The van der Waals surface area contributed by atoms with Crippen LogP contribution in [-0.4, -0.2) is 36.5 Å². The van der Waals surface area contributed by atoms with E-state index in [9.17, 15) is 14.4 Å². The molecule has 24 heavy (non-hydrogen) atoms. The summed E-state index contributed by atoms with van der Waals surface area (Å²) in [7, 11) is 0. The van der Waals surface area contributed by atoms with Crippen LogP contribution in [0.2, 0.25) is 5.02 Å². The van der Waals surface area contributed by atoms with E-state index < -0.39 is 22.9 Å². The van der Waals surface area contributed by atoms with Gasteiger partial charge in [0.05, 0.1) is 0 Å². The normalized spacial score (nSPS) is 22.8. The number of halogens is 1. The second-order valence-electron chi connectivity index (χ2n) is 7.05. The summed E-state index contributed by atoms with van der Waals surface area (Å²) in [6.07, 6.45) is 0.350. The number of ether oxygens (including phenoxy) is 1. The number of rotatable bonds is 2. The first-order valence-corrected chi connectivity index (χ1v) is 8.15. The summed E-state index contributed by atoms with van der Waals surface area (Å²) >= 11 is 6.07. The predicted molar refractivity (Wildman–Crippen MR) is 89.0 cm³/mol. The van der Waals surface area contributed by atoms with E-state index in [4.69, 9.17) is 16.3 Å². The lowest BCUT2D eigenvalue weighted by Gasteiger charge is -2.24. The van der Waals surface area contributed by atoms with Crippen molar-refractivity contribution in [3.63, 3.8) is 0 Å². The highest BCUT2D eigenvalue weighted by Gasteiger charge is 2.58. The van der Waals surface area contributed by atoms with Gasteiger partial charge in [0, 0.05) is 22.8 Å². The van der Waals surface area contributed by atoms with Gasteiger partial charge in [-0.2, -0.15) is 0 Å². The quantitative estimate of drug-likeness (QED) is 0.651. The highest BCUT2D eigenvalue weighted by molar-refractivity contribution is 6.31. The van der Waals surface area contributed by atoms with Crippen LogP contribution >= 0.6 is 11.6 Å². The van der Waals surface area contributed by atoms with Gasteiger partial charge < -0.3 is 10.1 Å². The molecule has 6 nitrogen and oxygen atoms in total. The van der Waals surface area contributed by atoms with Gasteiger partial charge in [-0.1, -0.05) is 11.6 Å². The molecule has 1 aromatic carbocycles. The maximum atomic E-state index is 13.0. The van der Waals surface area contributed by atoms with Crippen molar-refractivity contribution in [3.05, 3.63) is 28.8 Å². The second kappa shape index (κ2) is 5.48. The number of benzene rings is 1. The Morgan fingerprint density at radius 3 is 2.67 bits per heavy atom. The molecule has 1 saturated heterocycles. The maximum absolute atomic E-state index is 13.0. The van der Waals surface area contributed by atoms with Crippen LogP contribution in [0.3, 0.4) is 0 Å². The highest BCUT2D eigenvalue weighted by Crippen LogP contribution is 2.46. The summed E-state index contributed by atoms with van der Waals surface area (Å²) < 4.78 is 5.31.